The first-order chi connectivity index (χ1) is 6.19. The Hall–Kier alpha value is -1.06. The lowest BCUT2D eigenvalue weighted by molar-refractivity contribution is 0.0597. The van der Waals surface area contributed by atoms with E-state index >= 15 is 0 Å². The Balaban J connectivity index is 3.15. The smallest absolute Gasteiger partial charge is 0.338 e. The minimum absolute atomic E-state index is 0.207. The van der Waals surface area contributed by atoms with E-state index in [1.807, 2.05) is 0 Å². The van der Waals surface area contributed by atoms with Gasteiger partial charge in [0.2, 0.25) is 0 Å². The third-order valence-electron chi connectivity index (χ3n) is 1.65. The number of carbonyl (C=O) groups is 1. The van der Waals surface area contributed by atoms with E-state index in [2.05, 4.69) is 4.74 Å². The molecule has 13 heavy (non-hydrogen) atoms. The van der Waals surface area contributed by atoms with Crippen LogP contribution < -0.4 is 0 Å². The SMILES string of the molecule is COC(=O)c1cc(Cl)ccc1CO. The third kappa shape index (κ3) is 2.20. The summed E-state index contributed by atoms with van der Waals surface area (Å²) in [6.07, 6.45) is 0. The molecule has 0 atom stereocenters. The van der Waals surface area contributed by atoms with Crippen LogP contribution in [0.1, 0.15) is 15.9 Å². The monoisotopic (exact) mass is 200 g/mol. The summed E-state index contributed by atoms with van der Waals surface area (Å²) < 4.78 is 4.53. The number of ether oxygens (including phenoxy) is 1. The summed E-state index contributed by atoms with van der Waals surface area (Å²) in [5.41, 5.74) is 0.814. The molecule has 1 aromatic carbocycles. The van der Waals surface area contributed by atoms with Gasteiger partial charge in [0.25, 0.3) is 0 Å². The molecule has 0 amide bonds. The highest BCUT2D eigenvalue weighted by atomic mass is 35.5. The fourth-order valence-corrected chi connectivity index (χ4v) is 1.16. The summed E-state index contributed by atoms with van der Waals surface area (Å²) in [7, 11) is 1.28. The average Bonchev–Trinajstić information content (AvgIpc) is 2.16. The zero-order valence-corrected chi connectivity index (χ0v) is 7.84. The Labute approximate surface area is 80.9 Å². The van der Waals surface area contributed by atoms with E-state index in [4.69, 9.17) is 16.7 Å². The first kappa shape index (κ1) is 10.0. The molecule has 1 rings (SSSR count). The zero-order valence-electron chi connectivity index (χ0n) is 7.08. The van der Waals surface area contributed by atoms with Crippen molar-refractivity contribution in [1.82, 2.24) is 0 Å². The van der Waals surface area contributed by atoms with Gasteiger partial charge >= 0.3 is 5.97 Å². The fourth-order valence-electron chi connectivity index (χ4n) is 0.987. The van der Waals surface area contributed by atoms with Gasteiger partial charge in [0.1, 0.15) is 0 Å². The standard InChI is InChI=1S/C9H9ClO3/c1-13-9(12)8-4-7(10)3-2-6(8)5-11/h2-4,11H,5H2,1H3. The topological polar surface area (TPSA) is 46.5 Å². The molecule has 1 N–H and O–H groups in total. The predicted molar refractivity (Wildman–Crippen MR) is 48.7 cm³/mol. The van der Waals surface area contributed by atoms with Crippen molar-refractivity contribution < 1.29 is 14.6 Å². The molecule has 0 unspecified atom stereocenters. The highest BCUT2D eigenvalue weighted by Gasteiger charge is 2.11. The van der Waals surface area contributed by atoms with E-state index in [9.17, 15) is 4.79 Å². The van der Waals surface area contributed by atoms with E-state index in [1.165, 1.54) is 13.2 Å². The van der Waals surface area contributed by atoms with Crippen molar-refractivity contribution in [2.45, 2.75) is 6.61 Å². The first-order valence-electron chi connectivity index (χ1n) is 3.66. The molecule has 0 aliphatic rings. The van der Waals surface area contributed by atoms with Gasteiger partial charge in [0, 0.05) is 5.02 Å². The number of esters is 1. The lowest BCUT2D eigenvalue weighted by atomic mass is 10.1. The number of hydrogen-bond donors (Lipinski definition) is 1. The van der Waals surface area contributed by atoms with E-state index in [-0.39, 0.29) is 6.61 Å². The van der Waals surface area contributed by atoms with Gasteiger partial charge in [-0.15, -0.1) is 0 Å². The molecule has 0 heterocycles. The molecule has 70 valence electrons. The van der Waals surface area contributed by atoms with Gasteiger partial charge in [-0.3, -0.25) is 0 Å². The first-order valence-corrected chi connectivity index (χ1v) is 4.04. The molecule has 0 aliphatic carbocycles. The second-order valence-electron chi connectivity index (χ2n) is 2.45. The quantitative estimate of drug-likeness (QED) is 0.738. The molecule has 0 radical (unpaired) electrons. The number of methoxy groups -OCH3 is 1. The number of carbonyl (C=O) groups excluding carboxylic acids is 1. The van der Waals surface area contributed by atoms with Crippen molar-refractivity contribution in [3.05, 3.63) is 34.3 Å². The van der Waals surface area contributed by atoms with Crippen LogP contribution in [-0.4, -0.2) is 18.2 Å². The Morgan fingerprint density at radius 1 is 1.62 bits per heavy atom. The lowest BCUT2D eigenvalue weighted by Crippen LogP contribution is -2.05. The van der Waals surface area contributed by atoms with Gasteiger partial charge in [-0.05, 0) is 17.7 Å². The predicted octanol–water partition coefficient (Wildman–Crippen LogP) is 1.62. The van der Waals surface area contributed by atoms with Crippen molar-refractivity contribution in [2.75, 3.05) is 7.11 Å². The van der Waals surface area contributed by atoms with Crippen LogP contribution in [0.15, 0.2) is 18.2 Å². The maximum absolute atomic E-state index is 11.2. The number of benzene rings is 1. The van der Waals surface area contributed by atoms with E-state index in [1.54, 1.807) is 12.1 Å². The Bertz CT molecular complexity index is 323. The average molecular weight is 201 g/mol. The molecule has 0 fully saturated rings. The molecule has 0 spiro atoms. The minimum Gasteiger partial charge on any atom is -0.465 e. The second kappa shape index (κ2) is 4.25. The number of aliphatic hydroxyl groups is 1. The van der Waals surface area contributed by atoms with Gasteiger partial charge < -0.3 is 9.84 Å². The summed E-state index contributed by atoms with van der Waals surface area (Å²) in [4.78, 5) is 11.2. The van der Waals surface area contributed by atoms with Gasteiger partial charge in [-0.2, -0.15) is 0 Å². The molecule has 0 saturated heterocycles. The van der Waals surface area contributed by atoms with E-state index < -0.39 is 5.97 Å². The highest BCUT2D eigenvalue weighted by Crippen LogP contribution is 2.16. The molecule has 4 heteroatoms. The molecular weight excluding hydrogens is 192 g/mol. The van der Waals surface area contributed by atoms with Gasteiger partial charge in [-0.1, -0.05) is 17.7 Å². The number of aliphatic hydroxyl groups excluding tert-OH is 1. The van der Waals surface area contributed by atoms with Crippen LogP contribution in [0, 0.1) is 0 Å². The van der Waals surface area contributed by atoms with Crippen molar-refractivity contribution in [1.29, 1.82) is 0 Å². The number of rotatable bonds is 2. The normalized spacial score (nSPS) is 9.77. The van der Waals surface area contributed by atoms with Gasteiger partial charge in [0.05, 0.1) is 19.3 Å². The van der Waals surface area contributed by atoms with E-state index in [0.29, 0.717) is 16.1 Å². The van der Waals surface area contributed by atoms with Crippen LogP contribution in [0.25, 0.3) is 0 Å². The van der Waals surface area contributed by atoms with Crippen molar-refractivity contribution in [3.8, 4) is 0 Å². The van der Waals surface area contributed by atoms with Crippen molar-refractivity contribution >= 4 is 17.6 Å². The highest BCUT2D eigenvalue weighted by molar-refractivity contribution is 6.31. The van der Waals surface area contributed by atoms with Crippen LogP contribution in [-0.2, 0) is 11.3 Å². The zero-order chi connectivity index (χ0) is 9.84. The molecule has 0 saturated carbocycles. The van der Waals surface area contributed by atoms with Crippen LogP contribution in [0.3, 0.4) is 0 Å². The summed E-state index contributed by atoms with van der Waals surface area (Å²) in [6, 6.07) is 4.67. The molecule has 0 aromatic heterocycles. The summed E-state index contributed by atoms with van der Waals surface area (Å²) >= 11 is 5.69. The Kier molecular flexibility index (Phi) is 3.28. The molecule has 0 bridgehead atoms. The van der Waals surface area contributed by atoms with Crippen LogP contribution >= 0.6 is 11.6 Å². The molecule has 0 aliphatic heterocycles. The molecular formula is C9H9ClO3. The minimum atomic E-state index is -0.494. The van der Waals surface area contributed by atoms with Crippen LogP contribution in [0.5, 0.6) is 0 Å². The lowest BCUT2D eigenvalue weighted by Gasteiger charge is -2.04. The van der Waals surface area contributed by atoms with Crippen molar-refractivity contribution in [3.63, 3.8) is 0 Å². The number of halogens is 1. The summed E-state index contributed by atoms with van der Waals surface area (Å²) in [6.45, 7) is -0.207. The maximum Gasteiger partial charge on any atom is 0.338 e. The van der Waals surface area contributed by atoms with Crippen LogP contribution in [0.2, 0.25) is 5.02 Å². The maximum atomic E-state index is 11.2. The molecule has 1 aromatic rings. The van der Waals surface area contributed by atoms with E-state index in [0.717, 1.165) is 0 Å². The van der Waals surface area contributed by atoms with Gasteiger partial charge in [-0.25, -0.2) is 4.79 Å². The second-order valence-corrected chi connectivity index (χ2v) is 2.89. The third-order valence-corrected chi connectivity index (χ3v) is 1.88. The van der Waals surface area contributed by atoms with Crippen LogP contribution in [0.4, 0.5) is 0 Å². The largest absolute Gasteiger partial charge is 0.465 e. The van der Waals surface area contributed by atoms with Gasteiger partial charge in [0.15, 0.2) is 0 Å². The fraction of sp³-hybridized carbons (Fsp3) is 0.222. The Morgan fingerprint density at radius 2 is 2.31 bits per heavy atom. The number of hydrogen-bond acceptors (Lipinski definition) is 3. The summed E-state index contributed by atoms with van der Waals surface area (Å²) in [5, 5.41) is 9.35. The van der Waals surface area contributed by atoms with Crippen molar-refractivity contribution in [2.24, 2.45) is 0 Å². The summed E-state index contributed by atoms with van der Waals surface area (Å²) in [5.74, 6) is -0.494. The Morgan fingerprint density at radius 3 is 2.85 bits per heavy atom. The molecule has 3 nitrogen and oxygen atoms in total.